The summed E-state index contributed by atoms with van der Waals surface area (Å²) in [5, 5.41) is 2.77. The molecule has 0 bridgehead atoms. The molecule has 0 aliphatic carbocycles. The Balaban J connectivity index is 1.57. The van der Waals surface area contributed by atoms with Crippen LogP contribution in [0.3, 0.4) is 0 Å². The van der Waals surface area contributed by atoms with E-state index in [4.69, 9.17) is 0 Å². The summed E-state index contributed by atoms with van der Waals surface area (Å²) in [5.74, 6) is -3.78. The second-order valence-corrected chi connectivity index (χ2v) is 11.7. The highest BCUT2D eigenvalue weighted by molar-refractivity contribution is 6.24. The molecule has 1 heterocycles. The number of ketones is 2. The van der Waals surface area contributed by atoms with Gasteiger partial charge in [0.1, 0.15) is 11.5 Å². The summed E-state index contributed by atoms with van der Waals surface area (Å²) in [7, 11) is 0. The van der Waals surface area contributed by atoms with E-state index in [2.05, 4.69) is 5.32 Å². The van der Waals surface area contributed by atoms with Gasteiger partial charge in [0.25, 0.3) is 0 Å². The minimum atomic E-state index is -2.30. The minimum Gasteiger partial charge on any atom is -0.350 e. The van der Waals surface area contributed by atoms with E-state index in [1.165, 1.54) is 6.92 Å². The molecule has 5 rings (SSSR count). The molecule has 0 saturated carbocycles. The van der Waals surface area contributed by atoms with E-state index in [9.17, 15) is 28.8 Å². The van der Waals surface area contributed by atoms with Crippen molar-refractivity contribution in [2.24, 2.45) is 5.41 Å². The Bertz CT molecular complexity index is 1740. The zero-order chi connectivity index (χ0) is 33.6. The van der Waals surface area contributed by atoms with Crippen molar-refractivity contribution < 1.29 is 28.8 Å². The van der Waals surface area contributed by atoms with Crippen LogP contribution in [-0.2, 0) is 27.5 Å². The first-order valence-electron chi connectivity index (χ1n) is 15.3. The smallest absolute Gasteiger partial charge is 0.334 e. The summed E-state index contributed by atoms with van der Waals surface area (Å²) in [6.45, 7) is 3.23. The second kappa shape index (κ2) is 14.2. The lowest BCUT2D eigenvalue weighted by molar-refractivity contribution is -0.162. The molecule has 4 aromatic rings. The van der Waals surface area contributed by atoms with Crippen LogP contribution in [0.25, 0.3) is 0 Å². The molecule has 1 saturated heterocycles. The number of nitrogens with zero attached hydrogens (tertiary/aromatic N) is 2. The first-order chi connectivity index (χ1) is 22.6. The fourth-order valence-corrected chi connectivity index (χ4v) is 5.66. The van der Waals surface area contributed by atoms with Gasteiger partial charge in [-0.1, -0.05) is 121 Å². The van der Waals surface area contributed by atoms with Gasteiger partial charge < -0.3 is 5.32 Å². The number of rotatable bonds is 12. The van der Waals surface area contributed by atoms with Crippen LogP contribution in [0.4, 0.5) is 4.79 Å². The van der Waals surface area contributed by atoms with E-state index in [1.54, 1.807) is 91.0 Å². The molecule has 5 amide bonds. The largest absolute Gasteiger partial charge is 0.350 e. The number of imide groups is 2. The second-order valence-electron chi connectivity index (χ2n) is 11.7. The van der Waals surface area contributed by atoms with Gasteiger partial charge in [0.15, 0.2) is 11.6 Å². The van der Waals surface area contributed by atoms with Crippen molar-refractivity contribution in [1.29, 1.82) is 0 Å². The zero-order valence-electron chi connectivity index (χ0n) is 26.2. The van der Waals surface area contributed by atoms with E-state index in [1.807, 2.05) is 31.2 Å². The highest BCUT2D eigenvalue weighted by Gasteiger charge is 2.60. The predicted octanol–water partition coefficient (Wildman–Crippen LogP) is 5.52. The third kappa shape index (κ3) is 7.09. The summed E-state index contributed by atoms with van der Waals surface area (Å²) in [6, 6.07) is 30.1. The Morgan fingerprint density at radius 1 is 0.660 bits per heavy atom. The third-order valence-corrected chi connectivity index (χ3v) is 8.37. The lowest BCUT2D eigenvalue weighted by Crippen LogP contribution is -2.68. The number of aryl methyl sites for hydroxylation is 1. The molecule has 1 unspecified atom stereocenters. The maximum absolute atomic E-state index is 14.6. The molecular weight excluding hydrogens is 594 g/mol. The number of hydrogen-bond donors (Lipinski definition) is 1. The molecule has 238 valence electrons. The third-order valence-electron chi connectivity index (χ3n) is 8.37. The molecule has 9 heteroatoms. The molecule has 0 spiro atoms. The van der Waals surface area contributed by atoms with Crippen molar-refractivity contribution >= 4 is 35.3 Å². The quantitative estimate of drug-likeness (QED) is 0.163. The van der Waals surface area contributed by atoms with E-state index < -0.39 is 59.6 Å². The Morgan fingerprint density at radius 3 is 1.66 bits per heavy atom. The monoisotopic (exact) mass is 629 g/mol. The highest BCUT2D eigenvalue weighted by atomic mass is 16.2. The normalized spacial score (nSPS) is 14.9. The molecule has 1 atom stereocenters. The molecule has 4 aromatic carbocycles. The average Bonchev–Trinajstić information content (AvgIpc) is 3.10. The number of carbonyl (C=O) groups is 6. The summed E-state index contributed by atoms with van der Waals surface area (Å²) < 4.78 is 0. The minimum absolute atomic E-state index is 0.135. The number of Topliss-reactive ketones (excluding diaryl/α,β-unsaturated/α-hetero) is 2. The van der Waals surface area contributed by atoms with Crippen LogP contribution < -0.4 is 5.32 Å². The van der Waals surface area contributed by atoms with Gasteiger partial charge in [0.2, 0.25) is 17.7 Å². The number of carbonyl (C=O) groups excluding carboxylic acids is 6. The number of barbiturate groups is 1. The van der Waals surface area contributed by atoms with Crippen molar-refractivity contribution in [2.75, 3.05) is 0 Å². The first-order valence-corrected chi connectivity index (χ1v) is 15.3. The molecular formula is C38H35N3O6. The number of benzene rings is 4. The summed E-state index contributed by atoms with van der Waals surface area (Å²) in [6.07, 6.45) is -1.36. The lowest BCUT2D eigenvalue weighted by Gasteiger charge is -2.45. The number of amides is 5. The fraction of sp³-hybridized carbons (Fsp3) is 0.211. The average molecular weight is 630 g/mol. The Morgan fingerprint density at radius 2 is 1.15 bits per heavy atom. The van der Waals surface area contributed by atoms with E-state index in [-0.39, 0.29) is 24.2 Å². The molecule has 0 aromatic heterocycles. The molecule has 1 aliphatic heterocycles. The molecule has 1 fully saturated rings. The number of urea groups is 1. The summed E-state index contributed by atoms with van der Waals surface area (Å²) in [4.78, 5) is 85.9. The molecule has 1 aliphatic rings. The van der Waals surface area contributed by atoms with Crippen LogP contribution in [0, 0.1) is 12.3 Å². The van der Waals surface area contributed by atoms with E-state index in [0.29, 0.717) is 5.56 Å². The summed E-state index contributed by atoms with van der Waals surface area (Å²) in [5.41, 5.74) is 0.617. The van der Waals surface area contributed by atoms with Crippen LogP contribution >= 0.6 is 0 Å². The Kier molecular flexibility index (Phi) is 9.85. The first kappa shape index (κ1) is 32.7. The van der Waals surface area contributed by atoms with Gasteiger partial charge >= 0.3 is 6.03 Å². The Hall–Kier alpha value is -5.70. The van der Waals surface area contributed by atoms with Gasteiger partial charge in [-0.15, -0.1) is 0 Å². The topological polar surface area (TPSA) is 121 Å². The maximum Gasteiger partial charge on any atom is 0.334 e. The van der Waals surface area contributed by atoms with Crippen molar-refractivity contribution in [2.45, 2.75) is 45.8 Å². The van der Waals surface area contributed by atoms with Gasteiger partial charge in [-0.25, -0.2) is 4.79 Å². The van der Waals surface area contributed by atoms with Crippen LogP contribution in [0.15, 0.2) is 115 Å². The number of nitrogens with one attached hydrogen (secondary N) is 1. The Labute approximate surface area is 273 Å². The van der Waals surface area contributed by atoms with Crippen molar-refractivity contribution in [1.82, 2.24) is 15.1 Å². The van der Waals surface area contributed by atoms with Crippen LogP contribution in [0.2, 0.25) is 0 Å². The molecule has 1 N–H and O–H groups in total. The van der Waals surface area contributed by atoms with Crippen molar-refractivity contribution in [3.05, 3.63) is 143 Å². The molecule has 9 nitrogen and oxygen atoms in total. The maximum atomic E-state index is 14.6. The lowest BCUT2D eigenvalue weighted by atomic mass is 9.72. The van der Waals surface area contributed by atoms with Gasteiger partial charge in [0.05, 0.1) is 6.54 Å². The predicted molar refractivity (Wildman–Crippen MR) is 175 cm³/mol. The van der Waals surface area contributed by atoms with E-state index in [0.717, 1.165) is 20.9 Å². The SMILES string of the molecule is Cc1ccc(CNC(=O)C(C)N2C(=O)N(Cc3ccccc3)C(=O)C(CC(=O)c3ccccc3)(CC(=O)c3ccccc3)C2=O)cc1. The number of hydrogen-bond acceptors (Lipinski definition) is 6. The van der Waals surface area contributed by atoms with Crippen molar-refractivity contribution in [3.63, 3.8) is 0 Å². The van der Waals surface area contributed by atoms with Crippen LogP contribution in [-0.4, -0.2) is 51.2 Å². The van der Waals surface area contributed by atoms with Gasteiger partial charge in [-0.05, 0) is 25.0 Å². The highest BCUT2D eigenvalue weighted by Crippen LogP contribution is 2.40. The fourth-order valence-electron chi connectivity index (χ4n) is 5.66. The van der Waals surface area contributed by atoms with Crippen LogP contribution in [0.5, 0.6) is 0 Å². The van der Waals surface area contributed by atoms with Gasteiger partial charge in [-0.2, -0.15) is 0 Å². The van der Waals surface area contributed by atoms with E-state index >= 15 is 0 Å². The summed E-state index contributed by atoms with van der Waals surface area (Å²) >= 11 is 0. The molecule has 0 radical (unpaired) electrons. The zero-order valence-corrected chi connectivity index (χ0v) is 26.2. The molecule has 47 heavy (non-hydrogen) atoms. The van der Waals surface area contributed by atoms with Gasteiger partial charge in [-0.3, -0.25) is 33.8 Å². The van der Waals surface area contributed by atoms with Crippen molar-refractivity contribution in [3.8, 4) is 0 Å². The van der Waals surface area contributed by atoms with Crippen LogP contribution in [0.1, 0.15) is 57.2 Å². The standard InChI is InChI=1S/C38H35N3O6/c1-26-18-20-28(21-19-26)24-39-34(44)27(2)41-36(46)38(22-32(42)30-14-8-4-9-15-30,23-33(43)31-16-10-5-11-17-31)35(45)40(37(41)47)25-29-12-6-3-7-13-29/h3-21,27H,22-25H2,1-2H3,(H,39,44). The van der Waals surface area contributed by atoms with Gasteiger partial charge in [0, 0.05) is 30.5 Å².